The van der Waals surface area contributed by atoms with Crippen LogP contribution in [-0.2, 0) is 22.3 Å². The van der Waals surface area contributed by atoms with Gasteiger partial charge in [-0.25, -0.2) is 0 Å². The highest BCUT2D eigenvalue weighted by Gasteiger charge is 2.30. The summed E-state index contributed by atoms with van der Waals surface area (Å²) in [4.78, 5) is 2.61. The van der Waals surface area contributed by atoms with Gasteiger partial charge in [-0.3, -0.25) is 4.90 Å². The van der Waals surface area contributed by atoms with Gasteiger partial charge in [-0.2, -0.15) is 0 Å². The standard InChI is InChI=1S/C16H23NO2/c1-18-8-6-16-12-17(7-9-19-16)15-10-13-4-2-3-5-14(13)11-15/h2-5,15-16H,6-12H2,1H3/t16-/m1/s1. The summed E-state index contributed by atoms with van der Waals surface area (Å²) < 4.78 is 11.0. The second-order valence-corrected chi connectivity index (χ2v) is 5.60. The minimum Gasteiger partial charge on any atom is -0.385 e. The first-order valence-corrected chi connectivity index (χ1v) is 7.28. The zero-order valence-corrected chi connectivity index (χ0v) is 11.7. The van der Waals surface area contributed by atoms with E-state index in [2.05, 4.69) is 29.2 Å². The molecule has 1 aliphatic carbocycles. The summed E-state index contributed by atoms with van der Waals surface area (Å²) in [6.45, 7) is 3.79. The molecular weight excluding hydrogens is 238 g/mol. The predicted octanol–water partition coefficient (Wildman–Crippen LogP) is 1.89. The van der Waals surface area contributed by atoms with Crippen molar-refractivity contribution in [3.8, 4) is 0 Å². The number of fused-ring (bicyclic) bond motifs is 1. The van der Waals surface area contributed by atoms with E-state index in [1.165, 1.54) is 24.0 Å². The Morgan fingerprint density at radius 3 is 2.68 bits per heavy atom. The maximum atomic E-state index is 5.83. The van der Waals surface area contributed by atoms with Gasteiger partial charge in [0.25, 0.3) is 0 Å². The van der Waals surface area contributed by atoms with E-state index >= 15 is 0 Å². The Balaban J connectivity index is 1.58. The molecule has 19 heavy (non-hydrogen) atoms. The van der Waals surface area contributed by atoms with E-state index in [4.69, 9.17) is 9.47 Å². The van der Waals surface area contributed by atoms with Crippen molar-refractivity contribution in [3.05, 3.63) is 35.4 Å². The maximum absolute atomic E-state index is 5.83. The Bertz CT molecular complexity index is 396. The molecule has 1 aromatic carbocycles. The zero-order valence-electron chi connectivity index (χ0n) is 11.7. The van der Waals surface area contributed by atoms with Crippen LogP contribution >= 0.6 is 0 Å². The summed E-state index contributed by atoms with van der Waals surface area (Å²) >= 11 is 0. The first-order chi connectivity index (χ1) is 9.36. The van der Waals surface area contributed by atoms with Crippen LogP contribution in [0.15, 0.2) is 24.3 Å². The highest BCUT2D eigenvalue weighted by atomic mass is 16.5. The molecule has 1 aliphatic heterocycles. The lowest BCUT2D eigenvalue weighted by molar-refractivity contribution is -0.0526. The van der Waals surface area contributed by atoms with Gasteiger partial charge >= 0.3 is 0 Å². The highest BCUT2D eigenvalue weighted by Crippen LogP contribution is 2.26. The largest absolute Gasteiger partial charge is 0.385 e. The lowest BCUT2D eigenvalue weighted by Crippen LogP contribution is -2.48. The Kier molecular flexibility index (Phi) is 4.16. The molecule has 1 aromatic rings. The molecule has 3 heteroatoms. The zero-order chi connectivity index (χ0) is 13.1. The van der Waals surface area contributed by atoms with Crippen LogP contribution in [0.5, 0.6) is 0 Å². The molecule has 1 heterocycles. The molecule has 1 fully saturated rings. The van der Waals surface area contributed by atoms with E-state index in [0.717, 1.165) is 32.7 Å². The molecule has 0 unspecified atom stereocenters. The molecule has 2 aliphatic rings. The average molecular weight is 261 g/mol. The van der Waals surface area contributed by atoms with Crippen LogP contribution in [0.1, 0.15) is 17.5 Å². The van der Waals surface area contributed by atoms with Gasteiger partial charge in [0.05, 0.1) is 12.7 Å². The van der Waals surface area contributed by atoms with E-state index in [1.54, 1.807) is 7.11 Å². The molecule has 0 aromatic heterocycles. The van der Waals surface area contributed by atoms with Gasteiger partial charge in [0.2, 0.25) is 0 Å². The monoisotopic (exact) mass is 261 g/mol. The Morgan fingerprint density at radius 1 is 1.26 bits per heavy atom. The fourth-order valence-electron chi connectivity index (χ4n) is 3.29. The molecule has 3 nitrogen and oxygen atoms in total. The molecule has 0 bridgehead atoms. The van der Waals surface area contributed by atoms with Gasteiger partial charge in [0, 0.05) is 32.8 Å². The Hall–Kier alpha value is -0.900. The van der Waals surface area contributed by atoms with Crippen molar-refractivity contribution in [2.75, 3.05) is 33.4 Å². The number of benzene rings is 1. The van der Waals surface area contributed by atoms with E-state index in [1.807, 2.05) is 0 Å². The van der Waals surface area contributed by atoms with Gasteiger partial charge in [-0.05, 0) is 30.4 Å². The molecular formula is C16H23NO2. The maximum Gasteiger partial charge on any atom is 0.0724 e. The lowest BCUT2D eigenvalue weighted by atomic mass is 10.1. The smallest absolute Gasteiger partial charge is 0.0724 e. The van der Waals surface area contributed by atoms with Gasteiger partial charge in [-0.15, -0.1) is 0 Å². The summed E-state index contributed by atoms with van der Waals surface area (Å²) in [5.74, 6) is 0. The summed E-state index contributed by atoms with van der Waals surface area (Å²) in [7, 11) is 1.76. The molecule has 0 spiro atoms. The second-order valence-electron chi connectivity index (χ2n) is 5.60. The molecule has 1 atom stereocenters. The quantitative estimate of drug-likeness (QED) is 0.826. The van der Waals surface area contributed by atoms with Crippen LogP contribution in [0, 0.1) is 0 Å². The van der Waals surface area contributed by atoms with E-state index < -0.39 is 0 Å². The predicted molar refractivity (Wildman–Crippen MR) is 75.4 cm³/mol. The lowest BCUT2D eigenvalue weighted by Gasteiger charge is -2.36. The minimum atomic E-state index is 0.345. The summed E-state index contributed by atoms with van der Waals surface area (Å²) in [6.07, 6.45) is 3.75. The van der Waals surface area contributed by atoms with E-state index in [-0.39, 0.29) is 0 Å². The van der Waals surface area contributed by atoms with Gasteiger partial charge in [0.1, 0.15) is 0 Å². The number of rotatable bonds is 4. The second kappa shape index (κ2) is 6.04. The summed E-state index contributed by atoms with van der Waals surface area (Å²) in [6, 6.07) is 9.53. The SMILES string of the molecule is COCC[C@@H]1CN(C2Cc3ccccc3C2)CCO1. The normalized spacial score (nSPS) is 24.6. The number of ether oxygens (including phenoxy) is 2. The average Bonchev–Trinajstić information content (AvgIpc) is 2.89. The third kappa shape index (κ3) is 2.99. The fourth-order valence-corrected chi connectivity index (χ4v) is 3.29. The van der Waals surface area contributed by atoms with E-state index in [0.29, 0.717) is 12.1 Å². The summed E-state index contributed by atoms with van der Waals surface area (Å²) in [5.41, 5.74) is 3.07. The van der Waals surface area contributed by atoms with Crippen molar-refractivity contribution in [1.29, 1.82) is 0 Å². The minimum absolute atomic E-state index is 0.345. The molecule has 0 N–H and O–H groups in total. The van der Waals surface area contributed by atoms with Gasteiger partial charge in [0.15, 0.2) is 0 Å². The molecule has 0 amide bonds. The van der Waals surface area contributed by atoms with Crippen LogP contribution in [-0.4, -0.2) is 50.5 Å². The van der Waals surface area contributed by atoms with Crippen LogP contribution in [0.25, 0.3) is 0 Å². The van der Waals surface area contributed by atoms with Crippen molar-refractivity contribution in [2.45, 2.75) is 31.4 Å². The van der Waals surface area contributed by atoms with Crippen LogP contribution < -0.4 is 0 Å². The van der Waals surface area contributed by atoms with E-state index in [9.17, 15) is 0 Å². The topological polar surface area (TPSA) is 21.7 Å². The summed E-state index contributed by atoms with van der Waals surface area (Å²) in [5, 5.41) is 0. The molecule has 0 radical (unpaired) electrons. The van der Waals surface area contributed by atoms with Crippen molar-refractivity contribution in [1.82, 2.24) is 4.90 Å². The molecule has 0 saturated carbocycles. The number of morpholine rings is 1. The Labute approximate surface area is 115 Å². The first kappa shape index (κ1) is 13.1. The number of methoxy groups -OCH3 is 1. The van der Waals surface area contributed by atoms with Crippen molar-refractivity contribution >= 4 is 0 Å². The number of hydrogen-bond acceptors (Lipinski definition) is 3. The van der Waals surface area contributed by atoms with Crippen LogP contribution in [0.2, 0.25) is 0 Å². The van der Waals surface area contributed by atoms with Crippen LogP contribution in [0.3, 0.4) is 0 Å². The van der Waals surface area contributed by atoms with Crippen molar-refractivity contribution < 1.29 is 9.47 Å². The third-order valence-corrected chi connectivity index (χ3v) is 4.36. The fraction of sp³-hybridized carbons (Fsp3) is 0.625. The van der Waals surface area contributed by atoms with Gasteiger partial charge in [-0.1, -0.05) is 24.3 Å². The van der Waals surface area contributed by atoms with Crippen LogP contribution in [0.4, 0.5) is 0 Å². The molecule has 104 valence electrons. The van der Waals surface area contributed by atoms with Crippen molar-refractivity contribution in [3.63, 3.8) is 0 Å². The molecule has 3 rings (SSSR count). The molecule has 1 saturated heterocycles. The highest BCUT2D eigenvalue weighted by molar-refractivity contribution is 5.33. The van der Waals surface area contributed by atoms with Crippen molar-refractivity contribution in [2.24, 2.45) is 0 Å². The number of hydrogen-bond donors (Lipinski definition) is 0. The Morgan fingerprint density at radius 2 is 2.00 bits per heavy atom. The van der Waals surface area contributed by atoms with Gasteiger partial charge < -0.3 is 9.47 Å². The number of nitrogens with zero attached hydrogens (tertiary/aromatic N) is 1. The third-order valence-electron chi connectivity index (χ3n) is 4.36. The first-order valence-electron chi connectivity index (χ1n) is 7.28.